The average Bonchev–Trinajstić information content (AvgIpc) is 3.47. The third-order valence-electron chi connectivity index (χ3n) is 5.94. The van der Waals surface area contributed by atoms with Gasteiger partial charge in [-0.2, -0.15) is 0 Å². The Bertz CT molecular complexity index is 929. The van der Waals surface area contributed by atoms with E-state index in [-0.39, 0.29) is 30.6 Å². The van der Waals surface area contributed by atoms with Gasteiger partial charge in [0.1, 0.15) is 0 Å². The fourth-order valence-electron chi connectivity index (χ4n) is 4.01. The van der Waals surface area contributed by atoms with E-state index >= 15 is 0 Å². The summed E-state index contributed by atoms with van der Waals surface area (Å²) in [4.78, 5) is 27.0. The molecule has 1 aliphatic carbocycles. The summed E-state index contributed by atoms with van der Waals surface area (Å²) in [6.45, 7) is 2.36. The van der Waals surface area contributed by atoms with E-state index in [2.05, 4.69) is 26.9 Å². The molecule has 0 radical (unpaired) electrons. The number of nitrogens with zero attached hydrogens (tertiary/aromatic N) is 1. The molecule has 1 heterocycles. The smallest absolute Gasteiger partial charge is 0.319 e. The predicted octanol–water partition coefficient (Wildman–Crippen LogP) is 2.86. The van der Waals surface area contributed by atoms with Gasteiger partial charge in [0.2, 0.25) is 0 Å². The maximum absolute atomic E-state index is 12.7. The molecule has 164 valence electrons. The molecule has 2 aromatic carbocycles. The first-order valence-electron chi connectivity index (χ1n) is 11.0. The van der Waals surface area contributed by atoms with Crippen LogP contribution in [0.5, 0.6) is 0 Å². The Kier molecular flexibility index (Phi) is 6.84. The molecule has 2 aromatic rings. The lowest BCUT2D eigenvalue weighted by atomic mass is 10.1. The standard InChI is InChI=1S/C24H30N4O3/c29-16-22-9-4-12-28(22)15-19-6-2-1-5-18(19)14-25-23(30)17-7-3-8-21(13-17)27-24(31)26-20-10-11-20/h1-3,5-8,13,20,22,29H,4,9-12,14-16H2,(H,25,30)(H2,26,27,31)/t22-/m0/s1. The highest BCUT2D eigenvalue weighted by molar-refractivity contribution is 5.96. The second-order valence-corrected chi connectivity index (χ2v) is 8.35. The van der Waals surface area contributed by atoms with Gasteiger partial charge in [-0.05, 0) is 61.6 Å². The van der Waals surface area contributed by atoms with Crippen LogP contribution in [-0.4, -0.2) is 47.2 Å². The Morgan fingerprint density at radius 2 is 1.84 bits per heavy atom. The lowest BCUT2D eigenvalue weighted by Crippen LogP contribution is -2.32. The number of benzene rings is 2. The van der Waals surface area contributed by atoms with Crippen molar-refractivity contribution in [2.45, 2.75) is 50.9 Å². The van der Waals surface area contributed by atoms with Crippen LogP contribution >= 0.6 is 0 Å². The van der Waals surface area contributed by atoms with Crippen LogP contribution in [0.3, 0.4) is 0 Å². The van der Waals surface area contributed by atoms with Crippen molar-refractivity contribution in [1.82, 2.24) is 15.5 Å². The SMILES string of the molecule is O=C(Nc1cccc(C(=O)NCc2ccccc2CN2CCC[C@H]2CO)c1)NC1CC1. The Morgan fingerprint density at radius 3 is 2.61 bits per heavy atom. The summed E-state index contributed by atoms with van der Waals surface area (Å²) in [5, 5.41) is 18.2. The largest absolute Gasteiger partial charge is 0.395 e. The number of hydrogen-bond acceptors (Lipinski definition) is 4. The Balaban J connectivity index is 1.35. The first-order chi connectivity index (χ1) is 15.1. The van der Waals surface area contributed by atoms with Gasteiger partial charge in [0.15, 0.2) is 0 Å². The number of carbonyl (C=O) groups excluding carboxylic acids is 2. The third kappa shape index (κ3) is 5.83. The first kappa shape index (κ1) is 21.3. The van der Waals surface area contributed by atoms with Crippen molar-refractivity contribution in [3.05, 3.63) is 65.2 Å². The van der Waals surface area contributed by atoms with Crippen LogP contribution in [0.2, 0.25) is 0 Å². The number of likely N-dealkylation sites (tertiary alicyclic amines) is 1. The summed E-state index contributed by atoms with van der Waals surface area (Å²) < 4.78 is 0. The first-order valence-corrected chi connectivity index (χ1v) is 11.0. The summed E-state index contributed by atoms with van der Waals surface area (Å²) in [6, 6.07) is 15.3. The molecule has 2 fully saturated rings. The fraction of sp³-hybridized carbons (Fsp3) is 0.417. The van der Waals surface area contributed by atoms with E-state index in [1.807, 2.05) is 18.2 Å². The summed E-state index contributed by atoms with van der Waals surface area (Å²) in [7, 11) is 0. The zero-order valence-corrected chi connectivity index (χ0v) is 17.6. The average molecular weight is 423 g/mol. The van der Waals surface area contributed by atoms with Gasteiger partial charge in [-0.15, -0.1) is 0 Å². The molecule has 0 bridgehead atoms. The number of aliphatic hydroxyl groups is 1. The van der Waals surface area contributed by atoms with Crippen molar-refractivity contribution >= 4 is 17.6 Å². The number of hydrogen-bond donors (Lipinski definition) is 4. The lowest BCUT2D eigenvalue weighted by molar-refractivity contribution is 0.0950. The summed E-state index contributed by atoms with van der Waals surface area (Å²) in [5.41, 5.74) is 3.32. The van der Waals surface area contributed by atoms with E-state index in [0.717, 1.165) is 49.9 Å². The minimum absolute atomic E-state index is 0.182. The van der Waals surface area contributed by atoms with Crippen molar-refractivity contribution in [3.63, 3.8) is 0 Å². The van der Waals surface area contributed by atoms with Gasteiger partial charge < -0.3 is 21.1 Å². The number of aliphatic hydroxyl groups excluding tert-OH is 1. The number of carbonyl (C=O) groups is 2. The van der Waals surface area contributed by atoms with Crippen LogP contribution in [0.4, 0.5) is 10.5 Å². The van der Waals surface area contributed by atoms with Gasteiger partial charge in [-0.25, -0.2) is 4.79 Å². The van der Waals surface area contributed by atoms with Crippen molar-refractivity contribution in [1.29, 1.82) is 0 Å². The van der Waals surface area contributed by atoms with E-state index in [1.54, 1.807) is 24.3 Å². The highest BCUT2D eigenvalue weighted by atomic mass is 16.3. The molecule has 0 unspecified atom stereocenters. The van der Waals surface area contributed by atoms with E-state index in [0.29, 0.717) is 17.8 Å². The molecule has 1 aliphatic heterocycles. The molecule has 4 rings (SSSR count). The quantitative estimate of drug-likeness (QED) is 0.526. The molecule has 3 amide bonds. The molecule has 1 saturated heterocycles. The molecule has 31 heavy (non-hydrogen) atoms. The Morgan fingerprint density at radius 1 is 1.03 bits per heavy atom. The van der Waals surface area contributed by atoms with Crippen LogP contribution < -0.4 is 16.0 Å². The topological polar surface area (TPSA) is 93.7 Å². The fourth-order valence-corrected chi connectivity index (χ4v) is 4.01. The molecule has 2 aliphatic rings. The third-order valence-corrected chi connectivity index (χ3v) is 5.94. The summed E-state index contributed by atoms with van der Waals surface area (Å²) in [5.74, 6) is -0.185. The number of anilines is 1. The van der Waals surface area contributed by atoms with Gasteiger partial charge in [-0.3, -0.25) is 9.69 Å². The highest BCUT2D eigenvalue weighted by Gasteiger charge is 2.24. The van der Waals surface area contributed by atoms with Crippen LogP contribution in [0, 0.1) is 0 Å². The zero-order chi connectivity index (χ0) is 21.6. The Labute approximate surface area is 182 Å². The number of urea groups is 1. The lowest BCUT2D eigenvalue weighted by Gasteiger charge is -2.24. The van der Waals surface area contributed by atoms with Crippen molar-refractivity contribution in [3.8, 4) is 0 Å². The van der Waals surface area contributed by atoms with Crippen LogP contribution in [0.1, 0.15) is 47.2 Å². The minimum atomic E-state index is -0.239. The van der Waals surface area contributed by atoms with Crippen LogP contribution in [0.15, 0.2) is 48.5 Å². The summed E-state index contributed by atoms with van der Waals surface area (Å²) >= 11 is 0. The van der Waals surface area contributed by atoms with E-state index in [9.17, 15) is 14.7 Å². The van der Waals surface area contributed by atoms with Crippen LogP contribution in [-0.2, 0) is 13.1 Å². The van der Waals surface area contributed by atoms with Crippen molar-refractivity contribution in [2.24, 2.45) is 0 Å². The highest BCUT2D eigenvalue weighted by Crippen LogP contribution is 2.22. The molecular weight excluding hydrogens is 392 g/mol. The molecule has 1 atom stereocenters. The normalized spacial score (nSPS) is 18.5. The van der Waals surface area contributed by atoms with E-state index < -0.39 is 0 Å². The van der Waals surface area contributed by atoms with Gasteiger partial charge in [0, 0.05) is 36.4 Å². The second kappa shape index (κ2) is 9.94. The number of amides is 3. The molecule has 7 heteroatoms. The second-order valence-electron chi connectivity index (χ2n) is 8.35. The van der Waals surface area contributed by atoms with Crippen LogP contribution in [0.25, 0.3) is 0 Å². The molecule has 4 N–H and O–H groups in total. The maximum atomic E-state index is 12.7. The van der Waals surface area contributed by atoms with Crippen molar-refractivity contribution in [2.75, 3.05) is 18.5 Å². The maximum Gasteiger partial charge on any atom is 0.319 e. The molecular formula is C24H30N4O3. The van der Waals surface area contributed by atoms with Gasteiger partial charge in [-0.1, -0.05) is 30.3 Å². The van der Waals surface area contributed by atoms with E-state index in [1.165, 1.54) is 0 Å². The number of rotatable bonds is 8. The predicted molar refractivity (Wildman–Crippen MR) is 120 cm³/mol. The van der Waals surface area contributed by atoms with Gasteiger partial charge >= 0.3 is 6.03 Å². The zero-order valence-electron chi connectivity index (χ0n) is 17.6. The van der Waals surface area contributed by atoms with Gasteiger partial charge in [0.05, 0.1) is 6.61 Å². The Hall–Kier alpha value is -2.90. The molecule has 1 saturated carbocycles. The molecule has 7 nitrogen and oxygen atoms in total. The monoisotopic (exact) mass is 422 g/mol. The summed E-state index contributed by atoms with van der Waals surface area (Å²) in [6.07, 6.45) is 4.18. The molecule has 0 aromatic heterocycles. The molecule has 0 spiro atoms. The van der Waals surface area contributed by atoms with Crippen molar-refractivity contribution < 1.29 is 14.7 Å². The minimum Gasteiger partial charge on any atom is -0.395 e. The van der Waals surface area contributed by atoms with Gasteiger partial charge in [0.25, 0.3) is 5.91 Å². The number of nitrogens with one attached hydrogen (secondary N) is 3. The van der Waals surface area contributed by atoms with E-state index in [4.69, 9.17) is 0 Å².